The molecule has 0 aliphatic carbocycles. The SMILES string of the molecule is COc1ccccc1N1CCN(C(=O)CN(C)Cc2ccccc2N2CCCCC2)CC1. The minimum absolute atomic E-state index is 0.211. The molecule has 2 heterocycles. The standard InChI is InChI=1S/C26H36N4O2/c1-27(20-22-10-4-5-11-23(22)28-14-8-3-9-15-28)21-26(31)30-18-16-29(17-19-30)24-12-6-7-13-25(24)32-2/h4-7,10-13H,3,8-9,14-21H2,1-2H3. The first-order valence-corrected chi connectivity index (χ1v) is 11.8. The maximum absolute atomic E-state index is 13.0. The van der Waals surface area contributed by atoms with Gasteiger partial charge in [-0.05, 0) is 50.1 Å². The van der Waals surface area contributed by atoms with Gasteiger partial charge in [-0.2, -0.15) is 0 Å². The van der Waals surface area contributed by atoms with E-state index in [0.717, 1.165) is 57.3 Å². The smallest absolute Gasteiger partial charge is 0.236 e. The van der Waals surface area contributed by atoms with E-state index in [1.165, 1.54) is 30.5 Å². The van der Waals surface area contributed by atoms with Gasteiger partial charge in [0.15, 0.2) is 0 Å². The number of nitrogens with zero attached hydrogens (tertiary/aromatic N) is 4. The number of benzene rings is 2. The molecule has 32 heavy (non-hydrogen) atoms. The van der Waals surface area contributed by atoms with Crippen molar-refractivity contribution in [3.63, 3.8) is 0 Å². The highest BCUT2D eigenvalue weighted by Crippen LogP contribution is 2.28. The summed E-state index contributed by atoms with van der Waals surface area (Å²) in [6, 6.07) is 16.8. The Labute approximate surface area is 192 Å². The third kappa shape index (κ3) is 5.36. The number of methoxy groups -OCH3 is 1. The second-order valence-corrected chi connectivity index (χ2v) is 8.89. The van der Waals surface area contributed by atoms with E-state index in [0.29, 0.717) is 6.54 Å². The highest BCUT2D eigenvalue weighted by molar-refractivity contribution is 5.78. The number of rotatable bonds is 7. The maximum Gasteiger partial charge on any atom is 0.236 e. The molecule has 2 fully saturated rings. The molecule has 0 atom stereocenters. The molecule has 4 rings (SSSR count). The second kappa shape index (κ2) is 10.7. The Morgan fingerprint density at radius 3 is 2.19 bits per heavy atom. The summed E-state index contributed by atoms with van der Waals surface area (Å²) in [5.41, 5.74) is 3.75. The number of piperidine rings is 1. The van der Waals surface area contributed by atoms with Crippen LogP contribution in [0.3, 0.4) is 0 Å². The van der Waals surface area contributed by atoms with Gasteiger partial charge in [-0.3, -0.25) is 9.69 Å². The first-order chi connectivity index (χ1) is 15.7. The minimum Gasteiger partial charge on any atom is -0.495 e. The largest absolute Gasteiger partial charge is 0.495 e. The van der Waals surface area contributed by atoms with Gasteiger partial charge in [-0.25, -0.2) is 0 Å². The molecule has 2 aromatic rings. The highest BCUT2D eigenvalue weighted by Gasteiger charge is 2.24. The van der Waals surface area contributed by atoms with E-state index in [1.807, 2.05) is 23.1 Å². The average molecular weight is 437 g/mol. The zero-order chi connectivity index (χ0) is 22.3. The number of hydrogen-bond acceptors (Lipinski definition) is 5. The summed E-state index contributed by atoms with van der Waals surface area (Å²) in [6.07, 6.45) is 3.87. The van der Waals surface area contributed by atoms with E-state index >= 15 is 0 Å². The molecule has 2 aliphatic heterocycles. The Morgan fingerprint density at radius 1 is 0.844 bits per heavy atom. The number of carbonyl (C=O) groups excluding carboxylic acids is 1. The maximum atomic E-state index is 13.0. The molecular weight excluding hydrogens is 400 g/mol. The average Bonchev–Trinajstić information content (AvgIpc) is 2.85. The van der Waals surface area contributed by atoms with Crippen LogP contribution < -0.4 is 14.5 Å². The molecule has 0 spiro atoms. The molecule has 0 radical (unpaired) electrons. The lowest BCUT2D eigenvalue weighted by Crippen LogP contribution is -2.51. The monoisotopic (exact) mass is 436 g/mol. The lowest BCUT2D eigenvalue weighted by molar-refractivity contribution is -0.132. The van der Waals surface area contributed by atoms with Crippen LogP contribution in [0.15, 0.2) is 48.5 Å². The third-order valence-electron chi connectivity index (χ3n) is 6.59. The van der Waals surface area contributed by atoms with E-state index in [2.05, 4.69) is 52.1 Å². The number of amides is 1. The Hall–Kier alpha value is -2.73. The van der Waals surface area contributed by atoms with Crippen molar-refractivity contribution in [1.29, 1.82) is 0 Å². The molecule has 2 aromatic carbocycles. The van der Waals surface area contributed by atoms with Gasteiger partial charge in [-0.1, -0.05) is 30.3 Å². The van der Waals surface area contributed by atoms with Crippen LogP contribution in [-0.4, -0.2) is 75.7 Å². The van der Waals surface area contributed by atoms with Gasteiger partial charge in [-0.15, -0.1) is 0 Å². The van der Waals surface area contributed by atoms with Gasteiger partial charge in [0.1, 0.15) is 5.75 Å². The number of anilines is 2. The second-order valence-electron chi connectivity index (χ2n) is 8.89. The summed E-state index contributed by atoms with van der Waals surface area (Å²) in [7, 11) is 3.76. The van der Waals surface area contributed by atoms with Crippen molar-refractivity contribution < 1.29 is 9.53 Å². The molecule has 0 saturated carbocycles. The fraction of sp³-hybridized carbons (Fsp3) is 0.500. The van der Waals surface area contributed by atoms with Gasteiger partial charge >= 0.3 is 0 Å². The molecule has 6 heteroatoms. The van der Waals surface area contributed by atoms with Crippen LogP contribution in [0.25, 0.3) is 0 Å². The Balaban J connectivity index is 1.30. The number of hydrogen-bond donors (Lipinski definition) is 0. The molecule has 172 valence electrons. The number of para-hydroxylation sites is 3. The van der Waals surface area contributed by atoms with Crippen LogP contribution >= 0.6 is 0 Å². The lowest BCUT2D eigenvalue weighted by Gasteiger charge is -2.37. The van der Waals surface area contributed by atoms with Crippen molar-refractivity contribution in [2.75, 3.05) is 69.8 Å². The Bertz CT molecular complexity index is 889. The molecule has 0 N–H and O–H groups in total. The van der Waals surface area contributed by atoms with E-state index < -0.39 is 0 Å². The number of likely N-dealkylation sites (N-methyl/N-ethyl adjacent to an activating group) is 1. The van der Waals surface area contributed by atoms with Crippen molar-refractivity contribution in [2.24, 2.45) is 0 Å². The van der Waals surface area contributed by atoms with Crippen molar-refractivity contribution in [3.05, 3.63) is 54.1 Å². The lowest BCUT2D eigenvalue weighted by atomic mass is 10.1. The highest BCUT2D eigenvalue weighted by atomic mass is 16.5. The van der Waals surface area contributed by atoms with E-state index in [1.54, 1.807) is 7.11 Å². The van der Waals surface area contributed by atoms with Crippen molar-refractivity contribution in [3.8, 4) is 5.75 Å². The van der Waals surface area contributed by atoms with Gasteiger partial charge in [0.25, 0.3) is 0 Å². The van der Waals surface area contributed by atoms with E-state index in [4.69, 9.17) is 4.74 Å². The number of carbonyl (C=O) groups is 1. The third-order valence-corrected chi connectivity index (χ3v) is 6.59. The topological polar surface area (TPSA) is 39.3 Å². The molecule has 2 saturated heterocycles. The summed E-state index contributed by atoms with van der Waals surface area (Å²) in [4.78, 5) is 21.9. The molecule has 0 unspecified atom stereocenters. The van der Waals surface area contributed by atoms with Gasteiger partial charge in [0.2, 0.25) is 5.91 Å². The first kappa shape index (κ1) is 22.5. The number of ether oxygens (including phenoxy) is 1. The van der Waals surface area contributed by atoms with Gasteiger partial charge in [0.05, 0.1) is 19.3 Å². The fourth-order valence-electron chi connectivity index (χ4n) is 4.85. The molecule has 2 aliphatic rings. The van der Waals surface area contributed by atoms with E-state index in [-0.39, 0.29) is 5.91 Å². The predicted molar refractivity (Wildman–Crippen MR) is 131 cm³/mol. The van der Waals surface area contributed by atoms with E-state index in [9.17, 15) is 4.79 Å². The van der Waals surface area contributed by atoms with Crippen LogP contribution in [0.4, 0.5) is 11.4 Å². The summed E-state index contributed by atoms with van der Waals surface area (Å²) in [5, 5.41) is 0. The molecular formula is C26H36N4O2. The predicted octanol–water partition coefficient (Wildman–Crippen LogP) is 3.47. The van der Waals surface area contributed by atoms with Crippen molar-refractivity contribution in [2.45, 2.75) is 25.8 Å². The van der Waals surface area contributed by atoms with Gasteiger partial charge in [0, 0.05) is 51.5 Å². The Morgan fingerprint density at radius 2 is 1.47 bits per heavy atom. The first-order valence-electron chi connectivity index (χ1n) is 11.8. The summed E-state index contributed by atoms with van der Waals surface area (Å²) >= 11 is 0. The van der Waals surface area contributed by atoms with Crippen molar-refractivity contribution in [1.82, 2.24) is 9.80 Å². The van der Waals surface area contributed by atoms with Crippen molar-refractivity contribution >= 4 is 17.3 Å². The zero-order valence-electron chi connectivity index (χ0n) is 19.5. The van der Waals surface area contributed by atoms with Crippen LogP contribution in [0.5, 0.6) is 5.75 Å². The van der Waals surface area contributed by atoms with Crippen LogP contribution in [0.1, 0.15) is 24.8 Å². The minimum atomic E-state index is 0.211. The summed E-state index contributed by atoms with van der Waals surface area (Å²) < 4.78 is 5.50. The van der Waals surface area contributed by atoms with Crippen LogP contribution in [0, 0.1) is 0 Å². The quantitative estimate of drug-likeness (QED) is 0.665. The summed E-state index contributed by atoms with van der Waals surface area (Å²) in [5.74, 6) is 1.10. The Kier molecular flexibility index (Phi) is 7.53. The van der Waals surface area contributed by atoms with Gasteiger partial charge < -0.3 is 19.4 Å². The number of piperazine rings is 1. The molecule has 6 nitrogen and oxygen atoms in total. The zero-order valence-corrected chi connectivity index (χ0v) is 19.5. The normalized spacial score (nSPS) is 17.0. The molecule has 0 bridgehead atoms. The van der Waals surface area contributed by atoms with Crippen LogP contribution in [-0.2, 0) is 11.3 Å². The van der Waals surface area contributed by atoms with Crippen LogP contribution in [0.2, 0.25) is 0 Å². The molecule has 1 amide bonds. The molecule has 0 aromatic heterocycles. The summed E-state index contributed by atoms with van der Waals surface area (Å²) in [6.45, 7) is 6.65. The fourth-order valence-corrected chi connectivity index (χ4v) is 4.85.